The van der Waals surface area contributed by atoms with E-state index in [-0.39, 0.29) is 0 Å². The van der Waals surface area contributed by atoms with Crippen LogP contribution in [0.15, 0.2) is 17.0 Å². The number of oxazole rings is 1. The maximum atomic E-state index is 5.15. The van der Waals surface area contributed by atoms with Gasteiger partial charge in [-0.1, -0.05) is 0 Å². The van der Waals surface area contributed by atoms with Crippen LogP contribution in [0.1, 0.15) is 19.1 Å². The van der Waals surface area contributed by atoms with Crippen molar-refractivity contribution < 1.29 is 4.42 Å². The zero-order valence-corrected chi connectivity index (χ0v) is 7.08. The third kappa shape index (κ3) is 2.77. The zero-order valence-electron chi connectivity index (χ0n) is 7.08. The van der Waals surface area contributed by atoms with Crippen LogP contribution in [0.25, 0.3) is 0 Å². The van der Waals surface area contributed by atoms with E-state index in [9.17, 15) is 0 Å². The fourth-order valence-corrected chi connectivity index (χ4v) is 0.853. The summed E-state index contributed by atoms with van der Waals surface area (Å²) in [5.74, 6) is 3.42. The van der Waals surface area contributed by atoms with Gasteiger partial charge in [-0.05, 0) is 6.92 Å². The highest BCUT2D eigenvalue weighted by molar-refractivity contribution is 4.91. The van der Waals surface area contributed by atoms with Gasteiger partial charge in [-0.2, -0.15) is 0 Å². The molecule has 1 aromatic heterocycles. The first-order chi connectivity index (χ1) is 5.83. The molecule has 0 radical (unpaired) electrons. The summed E-state index contributed by atoms with van der Waals surface area (Å²) in [5.41, 5.74) is 0. The molecule has 12 heavy (non-hydrogen) atoms. The van der Waals surface area contributed by atoms with E-state index < -0.39 is 0 Å². The van der Waals surface area contributed by atoms with Crippen LogP contribution in [-0.4, -0.2) is 11.0 Å². The highest BCUT2D eigenvalue weighted by Gasteiger charge is 2.00. The minimum atomic E-state index is 0.320. The van der Waals surface area contributed by atoms with Crippen molar-refractivity contribution in [1.29, 1.82) is 0 Å². The van der Waals surface area contributed by atoms with E-state index in [0.29, 0.717) is 12.6 Å². The lowest BCUT2D eigenvalue weighted by molar-refractivity contribution is 0.455. The second-order valence-corrected chi connectivity index (χ2v) is 2.66. The predicted octanol–water partition coefficient (Wildman–Crippen LogP) is 1.18. The van der Waals surface area contributed by atoms with E-state index in [1.54, 1.807) is 6.20 Å². The van der Waals surface area contributed by atoms with Crippen LogP contribution in [-0.2, 0) is 6.54 Å². The predicted molar refractivity (Wildman–Crippen MR) is 46.3 cm³/mol. The Morgan fingerprint density at radius 2 is 2.67 bits per heavy atom. The van der Waals surface area contributed by atoms with Crippen LogP contribution in [0.2, 0.25) is 0 Å². The Balaban J connectivity index is 2.23. The average molecular weight is 164 g/mol. The Morgan fingerprint density at radius 1 is 1.83 bits per heavy atom. The van der Waals surface area contributed by atoms with Crippen molar-refractivity contribution >= 4 is 0 Å². The van der Waals surface area contributed by atoms with Gasteiger partial charge in [-0.3, -0.25) is 0 Å². The van der Waals surface area contributed by atoms with Crippen molar-refractivity contribution in [3.05, 3.63) is 18.4 Å². The van der Waals surface area contributed by atoms with Gasteiger partial charge in [0.2, 0.25) is 0 Å². The van der Waals surface area contributed by atoms with Gasteiger partial charge in [0.05, 0.1) is 12.7 Å². The molecule has 1 unspecified atom stereocenters. The number of hydrogen-bond acceptors (Lipinski definition) is 3. The SMILES string of the molecule is C#CCC(C)NCc1cnco1. The van der Waals surface area contributed by atoms with E-state index >= 15 is 0 Å². The number of nitrogens with one attached hydrogen (secondary N) is 1. The van der Waals surface area contributed by atoms with Crippen LogP contribution < -0.4 is 5.32 Å². The van der Waals surface area contributed by atoms with E-state index in [0.717, 1.165) is 12.2 Å². The lowest BCUT2D eigenvalue weighted by Gasteiger charge is -2.07. The van der Waals surface area contributed by atoms with Crippen molar-refractivity contribution in [3.8, 4) is 12.3 Å². The number of aromatic nitrogens is 1. The van der Waals surface area contributed by atoms with E-state index in [1.807, 2.05) is 6.92 Å². The summed E-state index contributed by atoms with van der Waals surface area (Å²) in [5, 5.41) is 3.21. The van der Waals surface area contributed by atoms with Crippen LogP contribution in [0, 0.1) is 12.3 Å². The quantitative estimate of drug-likeness (QED) is 0.679. The van der Waals surface area contributed by atoms with Gasteiger partial charge in [0.1, 0.15) is 5.76 Å². The first-order valence-corrected chi connectivity index (χ1v) is 3.87. The average Bonchev–Trinajstić information content (AvgIpc) is 2.53. The van der Waals surface area contributed by atoms with Gasteiger partial charge in [-0.25, -0.2) is 4.98 Å². The smallest absolute Gasteiger partial charge is 0.180 e. The molecule has 0 aliphatic heterocycles. The number of hydrogen-bond donors (Lipinski definition) is 1. The molecule has 0 aliphatic rings. The van der Waals surface area contributed by atoms with Crippen LogP contribution >= 0.6 is 0 Å². The molecule has 0 fully saturated rings. The van der Waals surface area contributed by atoms with Gasteiger partial charge in [-0.15, -0.1) is 12.3 Å². The Hall–Kier alpha value is -1.27. The fraction of sp³-hybridized carbons (Fsp3) is 0.444. The van der Waals surface area contributed by atoms with E-state index in [4.69, 9.17) is 10.8 Å². The first kappa shape index (κ1) is 8.82. The third-order valence-electron chi connectivity index (χ3n) is 1.53. The molecular formula is C9H12N2O. The number of terminal acetylenes is 1. The maximum Gasteiger partial charge on any atom is 0.180 e. The molecule has 0 bridgehead atoms. The zero-order chi connectivity index (χ0) is 8.81. The van der Waals surface area contributed by atoms with Crippen molar-refractivity contribution in [2.24, 2.45) is 0 Å². The second-order valence-electron chi connectivity index (χ2n) is 2.66. The molecule has 0 saturated carbocycles. The summed E-state index contributed by atoms with van der Waals surface area (Å²) >= 11 is 0. The highest BCUT2D eigenvalue weighted by Crippen LogP contribution is 1.97. The Labute approximate surface area is 72.2 Å². The van der Waals surface area contributed by atoms with Crippen LogP contribution in [0.5, 0.6) is 0 Å². The molecule has 3 heteroatoms. The molecule has 1 heterocycles. The van der Waals surface area contributed by atoms with E-state index in [2.05, 4.69) is 16.2 Å². The minimum absolute atomic E-state index is 0.320. The Morgan fingerprint density at radius 3 is 3.25 bits per heavy atom. The largest absolute Gasteiger partial charge is 0.447 e. The molecule has 0 aliphatic carbocycles. The molecule has 3 nitrogen and oxygen atoms in total. The molecule has 64 valence electrons. The monoisotopic (exact) mass is 164 g/mol. The lowest BCUT2D eigenvalue weighted by atomic mass is 10.2. The summed E-state index contributed by atoms with van der Waals surface area (Å²) < 4.78 is 5.04. The summed E-state index contributed by atoms with van der Waals surface area (Å²) in [6.45, 7) is 2.72. The van der Waals surface area contributed by atoms with Crippen molar-refractivity contribution in [2.45, 2.75) is 25.9 Å². The lowest BCUT2D eigenvalue weighted by Crippen LogP contribution is -2.24. The van der Waals surface area contributed by atoms with Crippen molar-refractivity contribution in [1.82, 2.24) is 10.3 Å². The molecule has 0 saturated heterocycles. The van der Waals surface area contributed by atoms with Crippen LogP contribution in [0.3, 0.4) is 0 Å². The molecule has 0 amide bonds. The van der Waals surface area contributed by atoms with Crippen molar-refractivity contribution in [3.63, 3.8) is 0 Å². The van der Waals surface area contributed by atoms with Gasteiger partial charge >= 0.3 is 0 Å². The molecule has 1 atom stereocenters. The second kappa shape index (κ2) is 4.58. The van der Waals surface area contributed by atoms with Gasteiger partial charge < -0.3 is 9.73 Å². The summed E-state index contributed by atoms with van der Waals surface area (Å²) in [6.07, 6.45) is 8.99. The van der Waals surface area contributed by atoms with Crippen molar-refractivity contribution in [2.75, 3.05) is 0 Å². The fourth-order valence-electron chi connectivity index (χ4n) is 0.853. The Kier molecular flexibility index (Phi) is 3.36. The molecule has 0 spiro atoms. The molecular weight excluding hydrogens is 152 g/mol. The van der Waals surface area contributed by atoms with Gasteiger partial charge in [0, 0.05) is 12.5 Å². The van der Waals surface area contributed by atoms with Crippen LogP contribution in [0.4, 0.5) is 0 Å². The highest BCUT2D eigenvalue weighted by atomic mass is 16.3. The maximum absolute atomic E-state index is 5.15. The van der Waals surface area contributed by atoms with Gasteiger partial charge in [0.15, 0.2) is 6.39 Å². The topological polar surface area (TPSA) is 38.1 Å². The first-order valence-electron chi connectivity index (χ1n) is 3.87. The van der Waals surface area contributed by atoms with E-state index in [1.165, 1.54) is 6.39 Å². The minimum Gasteiger partial charge on any atom is -0.447 e. The summed E-state index contributed by atoms with van der Waals surface area (Å²) in [7, 11) is 0. The normalized spacial score (nSPS) is 12.3. The number of rotatable bonds is 4. The molecule has 1 aromatic rings. The standard InChI is InChI=1S/C9H12N2O/c1-3-4-8(2)11-6-9-5-10-7-12-9/h1,5,7-8,11H,4,6H2,2H3. The number of nitrogens with zero attached hydrogens (tertiary/aromatic N) is 1. The van der Waals surface area contributed by atoms with Gasteiger partial charge in [0.25, 0.3) is 0 Å². The molecule has 1 N–H and O–H groups in total. The molecule has 1 rings (SSSR count). The third-order valence-corrected chi connectivity index (χ3v) is 1.53. The Bertz CT molecular complexity index is 248. The molecule has 0 aromatic carbocycles. The summed E-state index contributed by atoms with van der Waals surface area (Å²) in [6, 6.07) is 0.320. The summed E-state index contributed by atoms with van der Waals surface area (Å²) in [4.78, 5) is 3.80.